The van der Waals surface area contributed by atoms with Crippen LogP contribution < -0.4 is 5.56 Å². The van der Waals surface area contributed by atoms with Crippen LogP contribution in [0.25, 0.3) is 11.5 Å². The minimum Gasteiger partial charge on any atom is -0.342 e. The van der Waals surface area contributed by atoms with E-state index < -0.39 is 0 Å². The average Bonchev–Trinajstić information content (AvgIpc) is 2.65. The van der Waals surface area contributed by atoms with Crippen molar-refractivity contribution in [2.45, 2.75) is 51.5 Å². The molecule has 1 amide bonds. The first-order valence-electron chi connectivity index (χ1n) is 8.83. The van der Waals surface area contributed by atoms with Crippen molar-refractivity contribution in [1.29, 1.82) is 0 Å². The molecule has 2 heterocycles. The number of amides is 1. The summed E-state index contributed by atoms with van der Waals surface area (Å²) in [7, 11) is 1.84. The van der Waals surface area contributed by atoms with Crippen molar-refractivity contribution in [3.63, 3.8) is 0 Å². The Morgan fingerprint density at radius 3 is 2.68 bits per heavy atom. The maximum atomic E-state index is 12.6. The summed E-state index contributed by atoms with van der Waals surface area (Å²) in [6, 6.07) is 5.73. The van der Waals surface area contributed by atoms with Gasteiger partial charge in [-0.3, -0.25) is 14.6 Å². The Bertz CT molecular complexity index is 795. The maximum Gasteiger partial charge on any atom is 0.255 e. The van der Waals surface area contributed by atoms with Crippen LogP contribution in [0.15, 0.2) is 29.2 Å². The van der Waals surface area contributed by atoms with E-state index in [0.29, 0.717) is 28.8 Å². The summed E-state index contributed by atoms with van der Waals surface area (Å²) in [5.41, 5.74) is 1.36. The van der Waals surface area contributed by atoms with Gasteiger partial charge in [-0.05, 0) is 31.9 Å². The van der Waals surface area contributed by atoms with Crippen molar-refractivity contribution in [2.75, 3.05) is 7.05 Å². The Balaban J connectivity index is 1.78. The lowest BCUT2D eigenvalue weighted by Crippen LogP contribution is -2.40. The predicted molar refractivity (Wildman–Crippen MR) is 96.2 cm³/mol. The number of aromatic nitrogens is 3. The van der Waals surface area contributed by atoms with Crippen LogP contribution in [0.4, 0.5) is 0 Å². The Hall–Kier alpha value is -2.50. The van der Waals surface area contributed by atoms with Crippen LogP contribution in [-0.4, -0.2) is 38.8 Å². The van der Waals surface area contributed by atoms with Crippen molar-refractivity contribution >= 4 is 5.91 Å². The fourth-order valence-electron chi connectivity index (χ4n) is 3.39. The van der Waals surface area contributed by atoms with Gasteiger partial charge in [-0.1, -0.05) is 25.3 Å². The molecule has 3 rings (SSSR count). The van der Waals surface area contributed by atoms with Gasteiger partial charge in [-0.2, -0.15) is 0 Å². The molecule has 0 aromatic carbocycles. The topological polar surface area (TPSA) is 79.0 Å². The number of aryl methyl sites for hydroxylation is 1. The van der Waals surface area contributed by atoms with E-state index in [9.17, 15) is 9.59 Å². The first-order chi connectivity index (χ1) is 12.1. The van der Waals surface area contributed by atoms with Gasteiger partial charge in [-0.25, -0.2) is 4.98 Å². The molecule has 2 aromatic rings. The van der Waals surface area contributed by atoms with Crippen LogP contribution in [0.1, 0.15) is 43.4 Å². The molecule has 1 N–H and O–H groups in total. The molecule has 1 saturated carbocycles. The highest BCUT2D eigenvalue weighted by Gasteiger charge is 2.23. The number of hydrogen-bond acceptors (Lipinski definition) is 4. The molecule has 0 unspecified atom stereocenters. The maximum absolute atomic E-state index is 12.6. The van der Waals surface area contributed by atoms with Crippen LogP contribution in [0, 0.1) is 6.92 Å². The third kappa shape index (κ3) is 3.95. The molecule has 1 fully saturated rings. The van der Waals surface area contributed by atoms with Gasteiger partial charge in [0.1, 0.15) is 5.69 Å². The quantitative estimate of drug-likeness (QED) is 0.927. The molecule has 1 aliphatic carbocycles. The number of pyridine rings is 1. The molecule has 0 aliphatic heterocycles. The van der Waals surface area contributed by atoms with Crippen molar-refractivity contribution in [3.8, 4) is 11.5 Å². The van der Waals surface area contributed by atoms with Gasteiger partial charge in [0, 0.05) is 30.5 Å². The summed E-state index contributed by atoms with van der Waals surface area (Å²) in [6.45, 7) is 1.77. The van der Waals surface area contributed by atoms with E-state index in [1.54, 1.807) is 19.2 Å². The molecule has 1 aliphatic rings. The second-order valence-corrected chi connectivity index (χ2v) is 6.67. The van der Waals surface area contributed by atoms with E-state index in [0.717, 1.165) is 12.8 Å². The van der Waals surface area contributed by atoms with Crippen LogP contribution in [-0.2, 0) is 11.2 Å². The number of carbonyl (C=O) groups excluding carboxylic acids is 1. The summed E-state index contributed by atoms with van der Waals surface area (Å²) < 4.78 is 0. The largest absolute Gasteiger partial charge is 0.342 e. The summed E-state index contributed by atoms with van der Waals surface area (Å²) in [5, 5.41) is 0. The lowest BCUT2D eigenvalue weighted by molar-refractivity contribution is -0.131. The molecule has 0 radical (unpaired) electrons. The highest BCUT2D eigenvalue weighted by Crippen LogP contribution is 2.22. The first kappa shape index (κ1) is 17.3. The van der Waals surface area contributed by atoms with E-state index in [1.165, 1.54) is 19.3 Å². The van der Waals surface area contributed by atoms with Crippen molar-refractivity contribution in [2.24, 2.45) is 0 Å². The van der Waals surface area contributed by atoms with E-state index >= 15 is 0 Å². The van der Waals surface area contributed by atoms with Crippen molar-refractivity contribution in [1.82, 2.24) is 19.9 Å². The molecule has 6 nitrogen and oxygen atoms in total. The van der Waals surface area contributed by atoms with Crippen molar-refractivity contribution < 1.29 is 4.79 Å². The molecule has 25 heavy (non-hydrogen) atoms. The highest BCUT2D eigenvalue weighted by molar-refractivity contribution is 5.79. The first-order valence-corrected chi connectivity index (χ1v) is 8.83. The zero-order valence-electron chi connectivity index (χ0n) is 14.8. The number of aromatic amines is 1. The van der Waals surface area contributed by atoms with Gasteiger partial charge in [0.15, 0.2) is 5.82 Å². The van der Waals surface area contributed by atoms with E-state index in [2.05, 4.69) is 15.0 Å². The fraction of sp³-hybridized carbons (Fsp3) is 0.474. The summed E-state index contributed by atoms with van der Waals surface area (Å²) >= 11 is 0. The van der Waals surface area contributed by atoms with Crippen LogP contribution in [0.5, 0.6) is 0 Å². The second kappa shape index (κ2) is 7.59. The van der Waals surface area contributed by atoms with Crippen LogP contribution in [0.2, 0.25) is 0 Å². The third-order valence-corrected chi connectivity index (χ3v) is 4.97. The minimum atomic E-state index is -0.265. The van der Waals surface area contributed by atoms with Crippen LogP contribution >= 0.6 is 0 Å². The molecule has 132 valence electrons. The van der Waals surface area contributed by atoms with E-state index in [-0.39, 0.29) is 17.9 Å². The molecular formula is C19H24N4O2. The number of carbonyl (C=O) groups is 1. The zero-order chi connectivity index (χ0) is 17.8. The van der Waals surface area contributed by atoms with E-state index in [1.807, 2.05) is 24.1 Å². The number of nitrogens with zero attached hydrogens (tertiary/aromatic N) is 3. The average molecular weight is 340 g/mol. The van der Waals surface area contributed by atoms with Gasteiger partial charge < -0.3 is 9.88 Å². The Morgan fingerprint density at radius 1 is 1.28 bits per heavy atom. The van der Waals surface area contributed by atoms with Gasteiger partial charge >= 0.3 is 0 Å². The smallest absolute Gasteiger partial charge is 0.255 e. The lowest BCUT2D eigenvalue weighted by Gasteiger charge is -2.31. The van der Waals surface area contributed by atoms with Crippen LogP contribution in [0.3, 0.4) is 0 Å². The molecule has 0 bridgehead atoms. The monoisotopic (exact) mass is 340 g/mol. The Labute approximate surface area is 147 Å². The minimum absolute atomic E-state index is 0.0205. The SMILES string of the molecule is Cc1nc(-c2ccccn2)[nH]c(=O)c1CC(=O)N(C)C1CCCCC1. The fourth-order valence-corrected chi connectivity index (χ4v) is 3.39. The molecule has 0 spiro atoms. The van der Waals surface area contributed by atoms with Gasteiger partial charge in [0.25, 0.3) is 5.56 Å². The van der Waals surface area contributed by atoms with Gasteiger partial charge in [0.2, 0.25) is 5.91 Å². The number of H-pyrrole nitrogens is 1. The standard InChI is InChI=1S/C19H24N4O2/c1-13-15(12-17(24)23(2)14-8-4-3-5-9-14)19(25)22-18(21-13)16-10-6-7-11-20-16/h6-7,10-11,14H,3-5,8-9,12H2,1-2H3,(H,21,22,25). The van der Waals surface area contributed by atoms with Crippen molar-refractivity contribution in [3.05, 3.63) is 46.0 Å². The molecular weight excluding hydrogens is 316 g/mol. The van der Waals surface area contributed by atoms with Gasteiger partial charge in [-0.15, -0.1) is 0 Å². The third-order valence-electron chi connectivity index (χ3n) is 4.97. The lowest BCUT2D eigenvalue weighted by atomic mass is 9.94. The molecule has 6 heteroatoms. The normalized spacial score (nSPS) is 15.1. The zero-order valence-corrected chi connectivity index (χ0v) is 14.8. The van der Waals surface area contributed by atoms with Gasteiger partial charge in [0.05, 0.1) is 6.42 Å². The Morgan fingerprint density at radius 2 is 2.04 bits per heavy atom. The predicted octanol–water partition coefficient (Wildman–Crippen LogP) is 2.47. The highest BCUT2D eigenvalue weighted by atomic mass is 16.2. The number of rotatable bonds is 4. The summed E-state index contributed by atoms with van der Waals surface area (Å²) in [4.78, 5) is 38.3. The molecule has 0 saturated heterocycles. The summed E-state index contributed by atoms with van der Waals surface area (Å²) in [5.74, 6) is 0.410. The van der Waals surface area contributed by atoms with E-state index in [4.69, 9.17) is 0 Å². The molecule has 2 aromatic heterocycles. The number of hydrogen-bond donors (Lipinski definition) is 1. The second-order valence-electron chi connectivity index (χ2n) is 6.67. The number of nitrogens with one attached hydrogen (secondary N) is 1. The summed E-state index contributed by atoms with van der Waals surface area (Å²) in [6.07, 6.45) is 7.43. The Kier molecular flexibility index (Phi) is 5.26. The molecule has 0 atom stereocenters. The number of likely N-dealkylation sites (N-methyl/N-ethyl adjacent to an activating group) is 1.